The van der Waals surface area contributed by atoms with Gasteiger partial charge in [-0.3, -0.25) is 0 Å². The van der Waals surface area contributed by atoms with E-state index in [-0.39, 0.29) is 0 Å². The highest BCUT2D eigenvalue weighted by atomic mass is 79.9. The van der Waals surface area contributed by atoms with Crippen LogP contribution in [-0.2, 0) is 0 Å². The molecule has 0 radical (unpaired) electrons. The van der Waals surface area contributed by atoms with Crippen LogP contribution in [0.4, 0.5) is 0 Å². The van der Waals surface area contributed by atoms with Gasteiger partial charge in [-0.25, -0.2) is 0 Å². The molecule has 0 aliphatic rings. The normalized spacial score (nSPS) is 12.5. The fourth-order valence-corrected chi connectivity index (χ4v) is 2.07. The number of allylic oxidation sites excluding steroid dienone is 1. The lowest BCUT2D eigenvalue weighted by Gasteiger charge is -2.13. The number of hydrogen-bond acceptors (Lipinski definition) is 1. The van der Waals surface area contributed by atoms with E-state index in [0.717, 1.165) is 23.0 Å². The molecule has 82 valence electrons. The van der Waals surface area contributed by atoms with Gasteiger partial charge in [-0.2, -0.15) is 0 Å². The van der Waals surface area contributed by atoms with Gasteiger partial charge in [0.2, 0.25) is 0 Å². The van der Waals surface area contributed by atoms with E-state index < -0.39 is 0 Å². The molecule has 0 saturated carbocycles. The molecule has 0 spiro atoms. The minimum atomic E-state index is 0.505. The molecule has 0 saturated heterocycles. The maximum absolute atomic E-state index is 5.57. The van der Waals surface area contributed by atoms with Crippen LogP contribution in [0.3, 0.4) is 0 Å². The Kier molecular flexibility index (Phi) is 4.55. The lowest BCUT2D eigenvalue weighted by molar-refractivity contribution is 0.689. The molecule has 1 nitrogen and oxygen atoms in total. The molecule has 1 aromatic rings. The lowest BCUT2D eigenvalue weighted by Crippen LogP contribution is -2.04. The molecular formula is C13H18BrN. The minimum Gasteiger partial charge on any atom is -0.330 e. The van der Waals surface area contributed by atoms with Gasteiger partial charge in [-0.1, -0.05) is 41.1 Å². The third kappa shape index (κ3) is 3.47. The van der Waals surface area contributed by atoms with E-state index in [9.17, 15) is 0 Å². The summed E-state index contributed by atoms with van der Waals surface area (Å²) >= 11 is 3.53. The number of nitrogens with two attached hydrogens (primary N) is 1. The first-order valence-electron chi connectivity index (χ1n) is 5.21. The smallest absolute Gasteiger partial charge is 0.0184 e. The monoisotopic (exact) mass is 267 g/mol. The Morgan fingerprint density at radius 1 is 1.47 bits per heavy atom. The van der Waals surface area contributed by atoms with E-state index in [2.05, 4.69) is 47.6 Å². The molecule has 15 heavy (non-hydrogen) atoms. The average Bonchev–Trinajstić information content (AvgIpc) is 2.17. The van der Waals surface area contributed by atoms with Crippen molar-refractivity contribution in [2.45, 2.75) is 26.2 Å². The van der Waals surface area contributed by atoms with E-state index in [1.165, 1.54) is 11.1 Å². The highest BCUT2D eigenvalue weighted by molar-refractivity contribution is 9.10. The minimum absolute atomic E-state index is 0.505. The number of hydrogen-bond donors (Lipinski definition) is 1. The predicted molar refractivity (Wildman–Crippen MR) is 70.9 cm³/mol. The summed E-state index contributed by atoms with van der Waals surface area (Å²) in [5.74, 6) is 0.505. The van der Waals surface area contributed by atoms with Gasteiger partial charge in [0.05, 0.1) is 0 Å². The number of benzene rings is 1. The van der Waals surface area contributed by atoms with Crippen molar-refractivity contribution in [2.24, 2.45) is 5.73 Å². The largest absolute Gasteiger partial charge is 0.330 e. The lowest BCUT2D eigenvalue weighted by atomic mass is 9.95. The SMILES string of the molecule is C=C(C)c1cc(Br)cc(C(C)CCN)c1. The highest BCUT2D eigenvalue weighted by Gasteiger charge is 2.07. The topological polar surface area (TPSA) is 26.0 Å². The van der Waals surface area contributed by atoms with Crippen LogP contribution in [0.25, 0.3) is 5.57 Å². The Labute approximate surface area is 101 Å². The summed E-state index contributed by atoms with van der Waals surface area (Å²) < 4.78 is 1.11. The fourth-order valence-electron chi connectivity index (χ4n) is 1.56. The molecule has 2 heteroatoms. The van der Waals surface area contributed by atoms with E-state index >= 15 is 0 Å². The summed E-state index contributed by atoms with van der Waals surface area (Å²) in [6, 6.07) is 6.46. The van der Waals surface area contributed by atoms with E-state index in [1.54, 1.807) is 0 Å². The van der Waals surface area contributed by atoms with E-state index in [4.69, 9.17) is 5.73 Å². The fraction of sp³-hybridized carbons (Fsp3) is 0.385. The van der Waals surface area contributed by atoms with Gasteiger partial charge in [0.15, 0.2) is 0 Å². The van der Waals surface area contributed by atoms with Crippen molar-refractivity contribution in [2.75, 3.05) is 6.54 Å². The zero-order chi connectivity index (χ0) is 11.4. The molecule has 1 atom stereocenters. The summed E-state index contributed by atoms with van der Waals surface area (Å²) in [7, 11) is 0. The molecule has 0 amide bonds. The van der Waals surface area contributed by atoms with Crippen molar-refractivity contribution >= 4 is 21.5 Å². The third-order valence-corrected chi connectivity index (χ3v) is 3.04. The first-order chi connectivity index (χ1) is 7.04. The van der Waals surface area contributed by atoms with E-state index in [0.29, 0.717) is 5.92 Å². The Hall–Kier alpha value is -0.600. The van der Waals surface area contributed by atoms with Gasteiger partial charge >= 0.3 is 0 Å². The molecule has 0 fully saturated rings. The van der Waals surface area contributed by atoms with Gasteiger partial charge in [-0.05, 0) is 49.1 Å². The van der Waals surface area contributed by atoms with Crippen molar-refractivity contribution in [3.8, 4) is 0 Å². The van der Waals surface area contributed by atoms with Crippen LogP contribution >= 0.6 is 15.9 Å². The quantitative estimate of drug-likeness (QED) is 0.879. The number of rotatable bonds is 4. The van der Waals surface area contributed by atoms with Crippen LogP contribution < -0.4 is 5.73 Å². The van der Waals surface area contributed by atoms with Crippen molar-refractivity contribution in [1.82, 2.24) is 0 Å². The van der Waals surface area contributed by atoms with Crippen LogP contribution in [0.2, 0.25) is 0 Å². The standard InChI is InChI=1S/C13H18BrN/c1-9(2)11-6-12(8-13(14)7-11)10(3)4-5-15/h6-8,10H,1,4-5,15H2,2-3H3. The maximum Gasteiger partial charge on any atom is 0.0184 e. The van der Waals surface area contributed by atoms with Gasteiger partial charge < -0.3 is 5.73 Å². The zero-order valence-corrected chi connectivity index (χ0v) is 11.0. The second-order valence-electron chi connectivity index (χ2n) is 4.03. The van der Waals surface area contributed by atoms with Gasteiger partial charge in [0.1, 0.15) is 0 Å². The number of halogens is 1. The second-order valence-corrected chi connectivity index (χ2v) is 4.95. The molecule has 1 aromatic carbocycles. The van der Waals surface area contributed by atoms with Crippen molar-refractivity contribution in [3.63, 3.8) is 0 Å². The summed E-state index contributed by atoms with van der Waals surface area (Å²) in [5, 5.41) is 0. The Morgan fingerprint density at radius 2 is 2.13 bits per heavy atom. The highest BCUT2D eigenvalue weighted by Crippen LogP contribution is 2.26. The molecule has 0 heterocycles. The maximum atomic E-state index is 5.57. The first-order valence-corrected chi connectivity index (χ1v) is 6.00. The average molecular weight is 268 g/mol. The summed E-state index contributed by atoms with van der Waals surface area (Å²) in [4.78, 5) is 0. The summed E-state index contributed by atoms with van der Waals surface area (Å²) in [5.41, 5.74) is 9.19. The van der Waals surface area contributed by atoms with Crippen LogP contribution in [0.15, 0.2) is 29.3 Å². The van der Waals surface area contributed by atoms with Crippen molar-refractivity contribution < 1.29 is 0 Å². The van der Waals surface area contributed by atoms with Gasteiger partial charge in [-0.15, -0.1) is 0 Å². The Balaban J connectivity index is 3.03. The van der Waals surface area contributed by atoms with Gasteiger partial charge in [0, 0.05) is 4.47 Å². The molecule has 0 aliphatic carbocycles. The summed E-state index contributed by atoms with van der Waals surface area (Å²) in [6.45, 7) is 8.93. The Morgan fingerprint density at radius 3 is 2.67 bits per heavy atom. The molecule has 0 aromatic heterocycles. The van der Waals surface area contributed by atoms with Crippen LogP contribution in [0, 0.1) is 0 Å². The van der Waals surface area contributed by atoms with Crippen molar-refractivity contribution in [1.29, 1.82) is 0 Å². The Bertz CT molecular complexity index is 358. The molecule has 0 bridgehead atoms. The molecule has 2 N–H and O–H groups in total. The van der Waals surface area contributed by atoms with Crippen LogP contribution in [0.1, 0.15) is 37.3 Å². The third-order valence-electron chi connectivity index (χ3n) is 2.58. The molecule has 1 rings (SSSR count). The van der Waals surface area contributed by atoms with Crippen LogP contribution in [-0.4, -0.2) is 6.54 Å². The molecule has 1 unspecified atom stereocenters. The van der Waals surface area contributed by atoms with Crippen molar-refractivity contribution in [3.05, 3.63) is 40.4 Å². The summed E-state index contributed by atoms with van der Waals surface area (Å²) in [6.07, 6.45) is 1.02. The second kappa shape index (κ2) is 5.47. The zero-order valence-electron chi connectivity index (χ0n) is 9.39. The van der Waals surface area contributed by atoms with Crippen LogP contribution in [0.5, 0.6) is 0 Å². The van der Waals surface area contributed by atoms with Gasteiger partial charge in [0.25, 0.3) is 0 Å². The molecular weight excluding hydrogens is 250 g/mol. The first kappa shape index (κ1) is 12.5. The van der Waals surface area contributed by atoms with E-state index in [1.807, 2.05) is 6.92 Å². The molecule has 0 aliphatic heterocycles. The predicted octanol–water partition coefficient (Wildman–Crippen LogP) is 3.93.